The molecule has 0 spiro atoms. The first-order chi connectivity index (χ1) is 7.66. The van der Waals surface area contributed by atoms with E-state index in [0.29, 0.717) is 18.0 Å². The van der Waals surface area contributed by atoms with Crippen LogP contribution in [0, 0.1) is 11.8 Å². The lowest BCUT2D eigenvalue weighted by atomic mass is 9.69. The van der Waals surface area contributed by atoms with Gasteiger partial charge in [-0.3, -0.25) is 0 Å². The topological polar surface area (TPSA) is 32.3 Å². The summed E-state index contributed by atoms with van der Waals surface area (Å²) in [4.78, 5) is 0. The van der Waals surface area contributed by atoms with E-state index in [1.54, 1.807) is 0 Å². The van der Waals surface area contributed by atoms with Gasteiger partial charge in [-0.05, 0) is 50.4 Å². The third-order valence-corrected chi connectivity index (χ3v) is 5.31. The molecule has 2 atom stereocenters. The van der Waals surface area contributed by atoms with E-state index in [9.17, 15) is 5.11 Å². The van der Waals surface area contributed by atoms with E-state index in [-0.39, 0.29) is 5.60 Å². The Bertz CT molecular complexity index is 245. The van der Waals surface area contributed by atoms with E-state index in [4.69, 9.17) is 0 Å². The molecule has 1 saturated carbocycles. The maximum Gasteiger partial charge on any atom is 0.0705 e. The van der Waals surface area contributed by atoms with Crippen molar-refractivity contribution in [2.45, 2.75) is 76.0 Å². The largest absolute Gasteiger partial charge is 0.389 e. The summed E-state index contributed by atoms with van der Waals surface area (Å²) in [7, 11) is 0. The minimum absolute atomic E-state index is 0.322. The zero-order valence-electron chi connectivity index (χ0n) is 10.4. The first-order valence-electron chi connectivity index (χ1n) is 7.14. The van der Waals surface area contributed by atoms with Crippen molar-refractivity contribution in [2.75, 3.05) is 0 Å². The summed E-state index contributed by atoms with van der Waals surface area (Å²) in [6.07, 6.45) is 9.79. The third kappa shape index (κ3) is 1.91. The minimum atomic E-state index is -0.322. The second kappa shape index (κ2) is 3.99. The lowest BCUT2D eigenvalue weighted by Gasteiger charge is -2.45. The average molecular weight is 223 g/mol. The summed E-state index contributed by atoms with van der Waals surface area (Å²) in [5.41, 5.74) is -0.322. The van der Waals surface area contributed by atoms with Gasteiger partial charge >= 0.3 is 0 Å². The first-order valence-corrected chi connectivity index (χ1v) is 7.14. The van der Waals surface area contributed by atoms with E-state index in [1.165, 1.54) is 38.5 Å². The SMILES string of the molecule is CC1CCC(C2(O)CC3CCC(C2)N3)CC1. The van der Waals surface area contributed by atoms with Gasteiger partial charge < -0.3 is 10.4 Å². The zero-order chi connectivity index (χ0) is 11.2. The van der Waals surface area contributed by atoms with Crippen LogP contribution >= 0.6 is 0 Å². The highest BCUT2D eigenvalue weighted by Gasteiger charge is 2.47. The molecule has 3 aliphatic rings. The van der Waals surface area contributed by atoms with Crippen molar-refractivity contribution in [1.29, 1.82) is 0 Å². The second-order valence-corrected chi connectivity index (χ2v) is 6.61. The van der Waals surface area contributed by atoms with Crippen LogP contribution in [-0.4, -0.2) is 22.8 Å². The van der Waals surface area contributed by atoms with Gasteiger partial charge in [0, 0.05) is 12.1 Å². The Hall–Kier alpha value is -0.0800. The van der Waals surface area contributed by atoms with Crippen molar-refractivity contribution in [3.8, 4) is 0 Å². The van der Waals surface area contributed by atoms with Crippen LogP contribution in [0.25, 0.3) is 0 Å². The molecular formula is C14H25NO. The molecule has 2 N–H and O–H groups in total. The molecule has 3 fully saturated rings. The number of hydrogen-bond donors (Lipinski definition) is 2. The van der Waals surface area contributed by atoms with E-state index in [1.807, 2.05) is 0 Å². The number of nitrogens with one attached hydrogen (secondary N) is 1. The highest BCUT2D eigenvalue weighted by molar-refractivity contribution is 5.03. The summed E-state index contributed by atoms with van der Waals surface area (Å²) in [5, 5.41) is 14.6. The van der Waals surface area contributed by atoms with Gasteiger partial charge in [0.25, 0.3) is 0 Å². The number of hydrogen-bond acceptors (Lipinski definition) is 2. The molecule has 2 heteroatoms. The van der Waals surface area contributed by atoms with E-state index >= 15 is 0 Å². The Labute approximate surface area is 98.8 Å². The molecule has 0 amide bonds. The quantitative estimate of drug-likeness (QED) is 0.715. The van der Waals surface area contributed by atoms with Crippen LogP contribution in [0.15, 0.2) is 0 Å². The highest BCUT2D eigenvalue weighted by atomic mass is 16.3. The fourth-order valence-electron chi connectivity index (χ4n) is 4.29. The normalized spacial score (nSPS) is 52.9. The van der Waals surface area contributed by atoms with Crippen molar-refractivity contribution in [3.63, 3.8) is 0 Å². The number of fused-ring (bicyclic) bond motifs is 2. The summed E-state index contributed by atoms with van der Waals surface area (Å²) in [6, 6.07) is 1.23. The zero-order valence-corrected chi connectivity index (χ0v) is 10.4. The number of piperidine rings is 1. The molecule has 2 unspecified atom stereocenters. The molecule has 0 radical (unpaired) electrons. The van der Waals surface area contributed by atoms with Gasteiger partial charge in [0.2, 0.25) is 0 Å². The lowest BCUT2D eigenvalue weighted by molar-refractivity contribution is -0.0720. The molecule has 16 heavy (non-hydrogen) atoms. The summed E-state index contributed by atoms with van der Waals surface area (Å²) in [6.45, 7) is 2.35. The summed E-state index contributed by atoms with van der Waals surface area (Å²) in [5.74, 6) is 1.48. The van der Waals surface area contributed by atoms with Crippen molar-refractivity contribution in [2.24, 2.45) is 11.8 Å². The van der Waals surface area contributed by atoms with Crippen LogP contribution in [-0.2, 0) is 0 Å². The van der Waals surface area contributed by atoms with Crippen LogP contribution < -0.4 is 5.32 Å². The maximum atomic E-state index is 10.9. The molecule has 2 bridgehead atoms. The Balaban J connectivity index is 1.68. The summed E-state index contributed by atoms with van der Waals surface area (Å²) < 4.78 is 0. The van der Waals surface area contributed by atoms with E-state index in [2.05, 4.69) is 12.2 Å². The predicted molar refractivity (Wildman–Crippen MR) is 65.3 cm³/mol. The van der Waals surface area contributed by atoms with Crippen LogP contribution in [0.1, 0.15) is 58.3 Å². The molecule has 1 aliphatic carbocycles. The van der Waals surface area contributed by atoms with Gasteiger partial charge in [-0.2, -0.15) is 0 Å². The number of aliphatic hydroxyl groups is 1. The van der Waals surface area contributed by atoms with Gasteiger partial charge in [0.1, 0.15) is 0 Å². The minimum Gasteiger partial charge on any atom is -0.389 e. The monoisotopic (exact) mass is 223 g/mol. The summed E-state index contributed by atoms with van der Waals surface area (Å²) >= 11 is 0. The third-order valence-electron chi connectivity index (χ3n) is 5.31. The predicted octanol–water partition coefficient (Wildman–Crippen LogP) is 2.46. The van der Waals surface area contributed by atoms with Crippen LogP contribution in [0.3, 0.4) is 0 Å². The van der Waals surface area contributed by atoms with Crippen LogP contribution in [0.5, 0.6) is 0 Å². The molecule has 3 rings (SSSR count). The first kappa shape index (κ1) is 11.0. The molecule has 2 aliphatic heterocycles. The fourth-order valence-corrected chi connectivity index (χ4v) is 4.29. The lowest BCUT2D eigenvalue weighted by Crippen LogP contribution is -2.52. The molecular weight excluding hydrogens is 198 g/mol. The van der Waals surface area contributed by atoms with Crippen LogP contribution in [0.2, 0.25) is 0 Å². The smallest absolute Gasteiger partial charge is 0.0705 e. The Morgan fingerprint density at radius 3 is 2.06 bits per heavy atom. The molecule has 2 saturated heterocycles. The van der Waals surface area contributed by atoms with Gasteiger partial charge in [-0.1, -0.05) is 19.8 Å². The second-order valence-electron chi connectivity index (χ2n) is 6.61. The molecule has 0 aromatic carbocycles. The van der Waals surface area contributed by atoms with E-state index in [0.717, 1.165) is 18.8 Å². The molecule has 2 heterocycles. The molecule has 92 valence electrons. The van der Waals surface area contributed by atoms with Crippen molar-refractivity contribution in [3.05, 3.63) is 0 Å². The van der Waals surface area contributed by atoms with Crippen molar-refractivity contribution < 1.29 is 5.11 Å². The van der Waals surface area contributed by atoms with Gasteiger partial charge in [0.15, 0.2) is 0 Å². The Morgan fingerprint density at radius 1 is 0.938 bits per heavy atom. The van der Waals surface area contributed by atoms with Crippen LogP contribution in [0.4, 0.5) is 0 Å². The fraction of sp³-hybridized carbons (Fsp3) is 1.00. The molecule has 0 aromatic rings. The van der Waals surface area contributed by atoms with Crippen molar-refractivity contribution >= 4 is 0 Å². The van der Waals surface area contributed by atoms with E-state index < -0.39 is 0 Å². The van der Waals surface area contributed by atoms with Gasteiger partial charge in [0.05, 0.1) is 5.60 Å². The Morgan fingerprint density at radius 2 is 1.50 bits per heavy atom. The van der Waals surface area contributed by atoms with Crippen molar-refractivity contribution in [1.82, 2.24) is 5.32 Å². The van der Waals surface area contributed by atoms with Gasteiger partial charge in [-0.25, -0.2) is 0 Å². The average Bonchev–Trinajstić information content (AvgIpc) is 2.59. The van der Waals surface area contributed by atoms with Gasteiger partial charge in [-0.15, -0.1) is 0 Å². The standard InChI is InChI=1S/C14H25NO/c1-10-2-4-11(5-3-10)14(16)8-12-6-7-13(9-14)15-12/h10-13,15-16H,2-9H2,1H3. The maximum absolute atomic E-state index is 10.9. The highest BCUT2D eigenvalue weighted by Crippen LogP contribution is 2.44. The number of rotatable bonds is 1. The Kier molecular flexibility index (Phi) is 2.75. The molecule has 2 nitrogen and oxygen atoms in total. The molecule has 0 aromatic heterocycles.